The van der Waals surface area contributed by atoms with Crippen LogP contribution in [0.25, 0.3) is 10.4 Å². The number of anilines is 1. The zero-order valence-electron chi connectivity index (χ0n) is 14.4. The third-order valence-electron chi connectivity index (χ3n) is 5.02. The fourth-order valence-electron chi connectivity index (χ4n) is 3.54. The highest BCUT2D eigenvalue weighted by molar-refractivity contribution is 7.13. The average molecular weight is 356 g/mol. The molecule has 0 unspecified atom stereocenters. The topological polar surface area (TPSA) is 32.8 Å². The first-order valence-electron chi connectivity index (χ1n) is 9.12. The van der Waals surface area contributed by atoms with Crippen molar-refractivity contribution >= 4 is 22.9 Å². The SMILES string of the molecule is O=C(c1csc(-c2ccc(N3CCOCC3)cc2)c1)N1CCCCC1. The lowest BCUT2D eigenvalue weighted by atomic mass is 10.1. The largest absolute Gasteiger partial charge is 0.378 e. The lowest BCUT2D eigenvalue weighted by Gasteiger charge is -2.28. The Morgan fingerprint density at radius 2 is 1.68 bits per heavy atom. The molecule has 2 saturated heterocycles. The molecule has 5 heteroatoms. The Morgan fingerprint density at radius 1 is 0.960 bits per heavy atom. The molecule has 0 atom stereocenters. The molecule has 0 aliphatic carbocycles. The lowest BCUT2D eigenvalue weighted by Crippen LogP contribution is -2.36. The summed E-state index contributed by atoms with van der Waals surface area (Å²) in [5, 5.41) is 2.00. The second kappa shape index (κ2) is 7.58. The van der Waals surface area contributed by atoms with Crippen molar-refractivity contribution in [3.05, 3.63) is 41.3 Å². The molecule has 0 bridgehead atoms. The van der Waals surface area contributed by atoms with Gasteiger partial charge in [-0.15, -0.1) is 11.3 Å². The number of morpholine rings is 1. The number of thiophene rings is 1. The van der Waals surface area contributed by atoms with Crippen molar-refractivity contribution in [2.45, 2.75) is 19.3 Å². The first-order chi connectivity index (χ1) is 12.3. The fraction of sp³-hybridized carbons (Fsp3) is 0.450. The van der Waals surface area contributed by atoms with E-state index >= 15 is 0 Å². The molecule has 1 amide bonds. The van der Waals surface area contributed by atoms with Crippen molar-refractivity contribution in [3.63, 3.8) is 0 Å². The quantitative estimate of drug-likeness (QED) is 0.837. The van der Waals surface area contributed by atoms with Crippen LogP contribution in [-0.4, -0.2) is 50.2 Å². The first-order valence-corrected chi connectivity index (χ1v) is 10.0. The van der Waals surface area contributed by atoms with Crippen LogP contribution in [-0.2, 0) is 4.74 Å². The Morgan fingerprint density at radius 3 is 2.40 bits per heavy atom. The predicted octanol–water partition coefficient (Wildman–Crippen LogP) is 3.88. The van der Waals surface area contributed by atoms with Gasteiger partial charge in [-0.25, -0.2) is 0 Å². The number of rotatable bonds is 3. The number of amides is 1. The minimum absolute atomic E-state index is 0.187. The highest BCUT2D eigenvalue weighted by Crippen LogP contribution is 2.30. The standard InChI is InChI=1S/C20H24N2O2S/c23-20(22-8-2-1-3-9-22)17-14-19(25-15-17)16-4-6-18(7-5-16)21-10-12-24-13-11-21/h4-7,14-15H,1-3,8-13H2. The third kappa shape index (κ3) is 3.72. The number of hydrogen-bond acceptors (Lipinski definition) is 4. The molecule has 25 heavy (non-hydrogen) atoms. The predicted molar refractivity (Wildman–Crippen MR) is 103 cm³/mol. The smallest absolute Gasteiger partial charge is 0.254 e. The summed E-state index contributed by atoms with van der Waals surface area (Å²) in [6.07, 6.45) is 3.51. The number of carbonyl (C=O) groups is 1. The van der Waals surface area contributed by atoms with Gasteiger partial charge in [0.25, 0.3) is 5.91 Å². The maximum Gasteiger partial charge on any atom is 0.254 e. The molecule has 0 spiro atoms. The van der Waals surface area contributed by atoms with Crippen LogP contribution in [0, 0.1) is 0 Å². The van der Waals surface area contributed by atoms with E-state index in [0.29, 0.717) is 0 Å². The van der Waals surface area contributed by atoms with Crippen LogP contribution in [0.2, 0.25) is 0 Å². The molecule has 1 aromatic heterocycles. The number of ether oxygens (including phenoxy) is 1. The van der Waals surface area contributed by atoms with Gasteiger partial charge >= 0.3 is 0 Å². The van der Waals surface area contributed by atoms with Gasteiger partial charge in [0.05, 0.1) is 18.8 Å². The first kappa shape index (κ1) is 16.6. The number of hydrogen-bond donors (Lipinski definition) is 0. The normalized spacial score (nSPS) is 18.4. The monoisotopic (exact) mass is 356 g/mol. The molecule has 132 valence electrons. The van der Waals surface area contributed by atoms with Crippen LogP contribution in [0.3, 0.4) is 0 Å². The van der Waals surface area contributed by atoms with E-state index in [2.05, 4.69) is 29.2 Å². The van der Waals surface area contributed by atoms with Gasteiger partial charge in [0.15, 0.2) is 0 Å². The van der Waals surface area contributed by atoms with Crippen molar-refractivity contribution in [1.82, 2.24) is 4.90 Å². The van der Waals surface area contributed by atoms with E-state index in [0.717, 1.165) is 62.7 Å². The summed E-state index contributed by atoms with van der Waals surface area (Å²) in [4.78, 5) is 18.1. The molecule has 2 aliphatic heterocycles. The number of piperidine rings is 1. The molecule has 2 aromatic rings. The molecule has 1 aromatic carbocycles. The minimum atomic E-state index is 0.187. The molecular formula is C20H24N2O2S. The summed E-state index contributed by atoms with van der Waals surface area (Å²) < 4.78 is 5.41. The van der Waals surface area contributed by atoms with Gasteiger partial charge < -0.3 is 14.5 Å². The van der Waals surface area contributed by atoms with Crippen LogP contribution in [0.5, 0.6) is 0 Å². The zero-order chi connectivity index (χ0) is 17.1. The molecule has 2 fully saturated rings. The lowest BCUT2D eigenvalue weighted by molar-refractivity contribution is 0.0725. The van der Waals surface area contributed by atoms with E-state index in [9.17, 15) is 4.79 Å². The van der Waals surface area contributed by atoms with Crippen LogP contribution < -0.4 is 4.90 Å². The Hall–Kier alpha value is -1.85. The molecule has 2 aliphatic rings. The Kier molecular flexibility index (Phi) is 5.04. The molecule has 3 heterocycles. The maximum absolute atomic E-state index is 12.6. The van der Waals surface area contributed by atoms with Gasteiger partial charge in [0, 0.05) is 42.1 Å². The van der Waals surface area contributed by atoms with E-state index in [1.165, 1.54) is 17.7 Å². The highest BCUT2D eigenvalue weighted by atomic mass is 32.1. The molecule has 4 rings (SSSR count). The Balaban J connectivity index is 1.46. The fourth-order valence-corrected chi connectivity index (χ4v) is 4.43. The number of carbonyl (C=O) groups excluding carboxylic acids is 1. The average Bonchev–Trinajstić information content (AvgIpc) is 3.19. The van der Waals surface area contributed by atoms with Crippen molar-refractivity contribution in [3.8, 4) is 10.4 Å². The molecular weight excluding hydrogens is 332 g/mol. The van der Waals surface area contributed by atoms with Crippen molar-refractivity contribution < 1.29 is 9.53 Å². The summed E-state index contributed by atoms with van der Waals surface area (Å²) in [7, 11) is 0. The van der Waals surface area contributed by atoms with Crippen LogP contribution in [0.15, 0.2) is 35.7 Å². The molecule has 0 N–H and O–H groups in total. The Bertz CT molecular complexity index is 714. The van der Waals surface area contributed by atoms with Crippen molar-refractivity contribution in [1.29, 1.82) is 0 Å². The molecule has 4 nitrogen and oxygen atoms in total. The second-order valence-electron chi connectivity index (χ2n) is 6.70. The van der Waals surface area contributed by atoms with Gasteiger partial charge in [0.1, 0.15) is 0 Å². The van der Waals surface area contributed by atoms with Crippen molar-refractivity contribution in [2.75, 3.05) is 44.3 Å². The Labute approximate surface area is 153 Å². The van der Waals surface area contributed by atoms with Crippen LogP contribution in [0.1, 0.15) is 29.6 Å². The van der Waals surface area contributed by atoms with Crippen LogP contribution in [0.4, 0.5) is 5.69 Å². The second-order valence-corrected chi connectivity index (χ2v) is 7.61. The van der Waals surface area contributed by atoms with Gasteiger partial charge in [-0.1, -0.05) is 12.1 Å². The summed E-state index contributed by atoms with van der Waals surface area (Å²) in [6, 6.07) is 10.7. The summed E-state index contributed by atoms with van der Waals surface area (Å²) >= 11 is 1.66. The van der Waals surface area contributed by atoms with Crippen LogP contribution >= 0.6 is 11.3 Å². The van der Waals surface area contributed by atoms with E-state index in [1.807, 2.05) is 16.3 Å². The summed E-state index contributed by atoms with van der Waals surface area (Å²) in [5.74, 6) is 0.187. The van der Waals surface area contributed by atoms with E-state index < -0.39 is 0 Å². The van der Waals surface area contributed by atoms with Gasteiger partial charge in [0.2, 0.25) is 0 Å². The minimum Gasteiger partial charge on any atom is -0.378 e. The number of benzene rings is 1. The summed E-state index contributed by atoms with van der Waals surface area (Å²) in [5.41, 5.74) is 3.26. The zero-order valence-corrected chi connectivity index (χ0v) is 15.3. The molecule has 0 radical (unpaired) electrons. The number of nitrogens with zero attached hydrogens (tertiary/aromatic N) is 2. The van der Waals surface area contributed by atoms with Crippen molar-refractivity contribution in [2.24, 2.45) is 0 Å². The third-order valence-corrected chi connectivity index (χ3v) is 6.00. The summed E-state index contributed by atoms with van der Waals surface area (Å²) in [6.45, 7) is 5.31. The van der Waals surface area contributed by atoms with E-state index in [-0.39, 0.29) is 5.91 Å². The molecule has 0 saturated carbocycles. The van der Waals surface area contributed by atoms with Gasteiger partial charge in [-0.3, -0.25) is 4.79 Å². The van der Waals surface area contributed by atoms with E-state index in [1.54, 1.807) is 11.3 Å². The number of likely N-dealkylation sites (tertiary alicyclic amines) is 1. The highest BCUT2D eigenvalue weighted by Gasteiger charge is 2.19. The van der Waals surface area contributed by atoms with Gasteiger partial charge in [-0.2, -0.15) is 0 Å². The maximum atomic E-state index is 12.6. The van der Waals surface area contributed by atoms with E-state index in [4.69, 9.17) is 4.74 Å². The van der Waals surface area contributed by atoms with Gasteiger partial charge in [-0.05, 0) is 43.0 Å².